The number of piperazine rings is 1. The molecule has 0 bridgehead atoms. The summed E-state index contributed by atoms with van der Waals surface area (Å²) in [6.45, 7) is 5.89. The van der Waals surface area contributed by atoms with E-state index in [0.29, 0.717) is 11.5 Å². The van der Waals surface area contributed by atoms with E-state index in [4.69, 9.17) is 5.10 Å². The molecule has 5 aromatic rings. The van der Waals surface area contributed by atoms with Gasteiger partial charge >= 0.3 is 0 Å². The Hall–Kier alpha value is -3.22. The first-order chi connectivity index (χ1) is 16.0. The van der Waals surface area contributed by atoms with Crippen LogP contribution in [0.25, 0.3) is 21.2 Å². The van der Waals surface area contributed by atoms with Crippen LogP contribution in [0, 0.1) is 12.7 Å². The predicted molar refractivity (Wildman–Crippen MR) is 126 cm³/mol. The maximum Gasteiger partial charge on any atom is 0.275 e. The first-order valence-electron chi connectivity index (χ1n) is 10.5. The lowest BCUT2D eigenvalue weighted by Crippen LogP contribution is -2.46. The van der Waals surface area contributed by atoms with Crippen molar-refractivity contribution in [2.45, 2.75) is 13.5 Å². The van der Waals surface area contributed by atoms with Crippen molar-refractivity contribution < 1.29 is 4.39 Å². The highest BCUT2D eigenvalue weighted by Crippen LogP contribution is 2.27. The van der Waals surface area contributed by atoms with Crippen LogP contribution in [0.4, 0.5) is 9.52 Å². The van der Waals surface area contributed by atoms with Crippen molar-refractivity contribution >= 4 is 37.7 Å². The highest BCUT2D eigenvalue weighted by atomic mass is 32.1. The smallest absolute Gasteiger partial charge is 0.275 e. The Labute approximate surface area is 195 Å². The van der Waals surface area contributed by atoms with Crippen LogP contribution in [0.2, 0.25) is 0 Å². The first kappa shape index (κ1) is 20.4. The number of hydrogen-bond donors (Lipinski definition) is 0. The maximum atomic E-state index is 13.2. The molecule has 168 valence electrons. The van der Waals surface area contributed by atoms with Crippen LogP contribution >= 0.6 is 22.7 Å². The number of hydrogen-bond acceptors (Lipinski definition) is 9. The van der Waals surface area contributed by atoms with Crippen molar-refractivity contribution in [1.82, 2.24) is 34.1 Å². The molecular weight excluding hydrogens is 463 g/mol. The molecular formula is C21H19FN8OS2. The molecule has 0 unspecified atom stereocenters. The highest BCUT2D eigenvalue weighted by Gasteiger charge is 2.22. The molecule has 0 N–H and O–H groups in total. The third-order valence-corrected chi connectivity index (χ3v) is 7.41. The number of aryl methyl sites for hydroxylation is 1. The summed E-state index contributed by atoms with van der Waals surface area (Å²) in [6, 6.07) is 7.89. The third-order valence-electron chi connectivity index (χ3n) is 5.60. The number of fused-ring (bicyclic) bond motifs is 2. The maximum absolute atomic E-state index is 13.2. The van der Waals surface area contributed by atoms with E-state index in [2.05, 4.69) is 24.9 Å². The molecule has 33 heavy (non-hydrogen) atoms. The van der Waals surface area contributed by atoms with Gasteiger partial charge in [-0.2, -0.15) is 9.61 Å². The Kier molecular flexibility index (Phi) is 4.93. The fraction of sp³-hybridized carbons (Fsp3) is 0.286. The number of nitrogens with zero attached hydrogens (tertiary/aromatic N) is 8. The molecule has 1 saturated heterocycles. The summed E-state index contributed by atoms with van der Waals surface area (Å²) in [4.78, 5) is 27.6. The molecule has 12 heteroatoms. The quantitative estimate of drug-likeness (QED) is 0.389. The van der Waals surface area contributed by atoms with Crippen LogP contribution in [0.3, 0.4) is 0 Å². The largest absolute Gasteiger partial charge is 0.344 e. The van der Waals surface area contributed by atoms with Gasteiger partial charge in [0.15, 0.2) is 0 Å². The molecule has 5 heterocycles. The molecule has 1 aromatic carbocycles. The molecule has 0 spiro atoms. The molecule has 0 saturated carbocycles. The summed E-state index contributed by atoms with van der Waals surface area (Å²) in [6.07, 6.45) is 1.88. The van der Waals surface area contributed by atoms with E-state index in [-0.39, 0.29) is 11.4 Å². The fourth-order valence-corrected chi connectivity index (χ4v) is 5.64. The second-order valence-corrected chi connectivity index (χ2v) is 10.0. The number of anilines is 1. The van der Waals surface area contributed by atoms with Crippen LogP contribution in [-0.2, 0) is 6.54 Å². The number of rotatable bonds is 4. The van der Waals surface area contributed by atoms with Gasteiger partial charge in [-0.05, 0) is 31.2 Å². The average molecular weight is 483 g/mol. The second-order valence-electron chi connectivity index (χ2n) is 7.91. The zero-order chi connectivity index (χ0) is 22.5. The molecule has 4 aromatic heterocycles. The number of halogens is 1. The molecule has 0 aliphatic carbocycles. The summed E-state index contributed by atoms with van der Waals surface area (Å²) >= 11 is 2.97. The van der Waals surface area contributed by atoms with Gasteiger partial charge in [-0.1, -0.05) is 22.7 Å². The van der Waals surface area contributed by atoms with E-state index in [1.54, 1.807) is 34.1 Å². The SMILES string of the molecule is Cc1nn2c(=O)cc(CN3CCN(c4nn5cc(-c6ccc(F)cc6)nc5s4)CC3)nc2s1. The first-order valence-corrected chi connectivity index (χ1v) is 12.1. The Morgan fingerprint density at radius 1 is 1.00 bits per heavy atom. The van der Waals surface area contributed by atoms with Crippen molar-refractivity contribution in [2.75, 3.05) is 31.1 Å². The molecule has 1 aliphatic heterocycles. The Balaban J connectivity index is 1.13. The van der Waals surface area contributed by atoms with Crippen LogP contribution in [0.15, 0.2) is 41.3 Å². The molecule has 1 fully saturated rings. The second kappa shape index (κ2) is 7.97. The monoisotopic (exact) mass is 482 g/mol. The number of benzene rings is 1. The van der Waals surface area contributed by atoms with Gasteiger partial charge in [0.1, 0.15) is 10.8 Å². The Morgan fingerprint density at radius 2 is 1.79 bits per heavy atom. The van der Waals surface area contributed by atoms with E-state index in [0.717, 1.165) is 58.2 Å². The van der Waals surface area contributed by atoms with E-state index in [1.807, 2.05) is 13.1 Å². The zero-order valence-corrected chi connectivity index (χ0v) is 19.3. The predicted octanol–water partition coefficient (Wildman–Crippen LogP) is 2.69. The molecule has 6 rings (SSSR count). The topological polar surface area (TPSA) is 83.9 Å². The average Bonchev–Trinajstić information content (AvgIpc) is 3.48. The fourth-order valence-electron chi connectivity index (χ4n) is 3.94. The van der Waals surface area contributed by atoms with Crippen LogP contribution in [0.5, 0.6) is 0 Å². The Bertz CT molecular complexity index is 1480. The summed E-state index contributed by atoms with van der Waals surface area (Å²) in [5, 5.41) is 10.7. The van der Waals surface area contributed by atoms with E-state index in [9.17, 15) is 9.18 Å². The van der Waals surface area contributed by atoms with Gasteiger partial charge in [0.25, 0.3) is 5.56 Å². The van der Waals surface area contributed by atoms with Crippen LogP contribution < -0.4 is 10.5 Å². The molecule has 0 atom stereocenters. The summed E-state index contributed by atoms with van der Waals surface area (Å²) < 4.78 is 16.3. The van der Waals surface area contributed by atoms with Crippen molar-refractivity contribution in [3.63, 3.8) is 0 Å². The van der Waals surface area contributed by atoms with E-state index in [1.165, 1.54) is 28.0 Å². The van der Waals surface area contributed by atoms with Gasteiger partial charge in [-0.25, -0.2) is 18.9 Å². The lowest BCUT2D eigenvalue weighted by molar-refractivity contribution is 0.247. The van der Waals surface area contributed by atoms with Crippen molar-refractivity contribution in [3.05, 3.63) is 63.4 Å². The molecule has 0 radical (unpaired) electrons. The van der Waals surface area contributed by atoms with Gasteiger partial charge in [0, 0.05) is 44.4 Å². The number of imidazole rings is 1. The van der Waals surface area contributed by atoms with Crippen LogP contribution in [0.1, 0.15) is 10.7 Å². The van der Waals surface area contributed by atoms with Crippen molar-refractivity contribution in [2.24, 2.45) is 0 Å². The number of aromatic nitrogens is 6. The molecule has 1 aliphatic rings. The van der Waals surface area contributed by atoms with Crippen molar-refractivity contribution in [1.29, 1.82) is 0 Å². The van der Waals surface area contributed by atoms with Gasteiger partial charge in [-0.15, -0.1) is 5.10 Å². The summed E-state index contributed by atoms with van der Waals surface area (Å²) in [5.41, 5.74) is 2.29. The lowest BCUT2D eigenvalue weighted by atomic mass is 10.2. The van der Waals surface area contributed by atoms with Gasteiger partial charge in [0.05, 0.1) is 17.6 Å². The minimum atomic E-state index is -0.262. The zero-order valence-electron chi connectivity index (χ0n) is 17.7. The standard InChI is InChI=1S/C21H19FN8OS2/c1-13-25-30-18(31)10-16(23-20(30)32-13)11-27-6-8-28(9-7-27)21-26-29-12-17(24-19(29)33-21)14-2-4-15(22)5-3-14/h2-5,10,12H,6-9,11H2,1H3. The molecule has 0 amide bonds. The van der Waals surface area contributed by atoms with Gasteiger partial charge in [-0.3, -0.25) is 9.69 Å². The van der Waals surface area contributed by atoms with Crippen molar-refractivity contribution in [3.8, 4) is 11.3 Å². The summed E-state index contributed by atoms with van der Waals surface area (Å²) in [7, 11) is 0. The van der Waals surface area contributed by atoms with Gasteiger partial charge in [0.2, 0.25) is 15.1 Å². The normalized spacial score (nSPS) is 15.2. The van der Waals surface area contributed by atoms with Crippen LogP contribution in [-0.4, -0.2) is 60.3 Å². The Morgan fingerprint density at radius 3 is 2.55 bits per heavy atom. The van der Waals surface area contributed by atoms with Gasteiger partial charge < -0.3 is 4.90 Å². The highest BCUT2D eigenvalue weighted by molar-refractivity contribution is 7.20. The van der Waals surface area contributed by atoms with E-state index < -0.39 is 0 Å². The minimum Gasteiger partial charge on any atom is -0.344 e. The van der Waals surface area contributed by atoms with E-state index >= 15 is 0 Å². The summed E-state index contributed by atoms with van der Waals surface area (Å²) in [5.74, 6) is -0.262. The third kappa shape index (κ3) is 3.90. The lowest BCUT2D eigenvalue weighted by Gasteiger charge is -2.34. The molecule has 9 nitrogen and oxygen atoms in total. The minimum absolute atomic E-state index is 0.135.